The predicted octanol–water partition coefficient (Wildman–Crippen LogP) is 4.37. The van der Waals surface area contributed by atoms with Crippen molar-refractivity contribution >= 4 is 17.7 Å². The molecular formula is C20H31NO2S. The van der Waals surface area contributed by atoms with Gasteiger partial charge in [0.2, 0.25) is 0 Å². The normalized spacial score (nSPS) is 15.5. The van der Waals surface area contributed by atoms with Crippen LogP contribution in [0.15, 0.2) is 18.2 Å². The summed E-state index contributed by atoms with van der Waals surface area (Å²) in [4.78, 5) is 12.3. The highest BCUT2D eigenvalue weighted by molar-refractivity contribution is 8.00. The Hall–Kier alpha value is -1.16. The molecule has 1 N–H and O–H groups in total. The molecule has 0 heterocycles. The molecule has 1 aliphatic rings. The van der Waals surface area contributed by atoms with Gasteiger partial charge in [0, 0.05) is 17.0 Å². The SMILES string of the molecule is CC[C@H](Oc1ccc2c(c1)CCCC2)C(=O)NCCSC(C)(C)C. The van der Waals surface area contributed by atoms with Crippen molar-refractivity contribution in [2.45, 2.75) is 70.7 Å². The fourth-order valence-electron chi connectivity index (χ4n) is 2.91. The second-order valence-electron chi connectivity index (χ2n) is 7.40. The van der Waals surface area contributed by atoms with E-state index in [0.29, 0.717) is 13.0 Å². The first-order chi connectivity index (χ1) is 11.4. The van der Waals surface area contributed by atoms with Gasteiger partial charge >= 0.3 is 0 Å². The molecule has 0 fully saturated rings. The van der Waals surface area contributed by atoms with Crippen molar-refractivity contribution in [3.8, 4) is 5.75 Å². The zero-order chi connectivity index (χ0) is 17.6. The molecule has 0 unspecified atom stereocenters. The lowest BCUT2D eigenvalue weighted by molar-refractivity contribution is -0.127. The number of carbonyl (C=O) groups is 1. The number of thioether (sulfide) groups is 1. The molecule has 0 radical (unpaired) electrons. The van der Waals surface area contributed by atoms with Gasteiger partial charge in [-0.2, -0.15) is 11.8 Å². The van der Waals surface area contributed by atoms with Crippen LogP contribution in [0.2, 0.25) is 0 Å². The Morgan fingerprint density at radius 3 is 2.62 bits per heavy atom. The van der Waals surface area contributed by atoms with Crippen LogP contribution < -0.4 is 10.1 Å². The maximum absolute atomic E-state index is 12.3. The molecule has 24 heavy (non-hydrogen) atoms. The van der Waals surface area contributed by atoms with Gasteiger partial charge in [-0.25, -0.2) is 0 Å². The van der Waals surface area contributed by atoms with Crippen molar-refractivity contribution < 1.29 is 9.53 Å². The maximum atomic E-state index is 12.3. The van der Waals surface area contributed by atoms with Crippen molar-refractivity contribution in [3.05, 3.63) is 29.3 Å². The van der Waals surface area contributed by atoms with E-state index in [1.54, 1.807) is 0 Å². The molecule has 0 bridgehead atoms. The van der Waals surface area contributed by atoms with Gasteiger partial charge < -0.3 is 10.1 Å². The number of hydrogen-bond acceptors (Lipinski definition) is 3. The third-order valence-electron chi connectivity index (χ3n) is 4.20. The van der Waals surface area contributed by atoms with E-state index >= 15 is 0 Å². The number of fused-ring (bicyclic) bond motifs is 1. The molecule has 134 valence electrons. The standard InChI is InChI=1S/C20H31NO2S/c1-5-18(19(22)21-12-13-24-20(2,3)4)23-17-11-10-15-8-6-7-9-16(15)14-17/h10-11,14,18H,5-9,12-13H2,1-4H3,(H,21,22)/t18-/m0/s1. The Kier molecular flexibility index (Phi) is 7.02. The number of hydrogen-bond donors (Lipinski definition) is 1. The number of amides is 1. The summed E-state index contributed by atoms with van der Waals surface area (Å²) in [7, 11) is 0. The fourth-order valence-corrected chi connectivity index (χ4v) is 3.73. The monoisotopic (exact) mass is 349 g/mol. The highest BCUT2D eigenvalue weighted by Gasteiger charge is 2.19. The molecule has 0 saturated heterocycles. The molecule has 1 atom stereocenters. The fraction of sp³-hybridized carbons (Fsp3) is 0.650. The molecular weight excluding hydrogens is 318 g/mol. The van der Waals surface area contributed by atoms with Gasteiger partial charge in [-0.3, -0.25) is 4.79 Å². The van der Waals surface area contributed by atoms with Crippen LogP contribution in [0.5, 0.6) is 5.75 Å². The zero-order valence-electron chi connectivity index (χ0n) is 15.5. The second kappa shape index (κ2) is 8.80. The minimum absolute atomic E-state index is 0.00951. The van der Waals surface area contributed by atoms with E-state index < -0.39 is 6.10 Å². The Morgan fingerprint density at radius 2 is 1.96 bits per heavy atom. The number of nitrogens with one attached hydrogen (secondary N) is 1. The second-order valence-corrected chi connectivity index (χ2v) is 9.33. The number of ether oxygens (including phenoxy) is 1. The Balaban J connectivity index is 1.85. The number of aryl methyl sites for hydroxylation is 2. The summed E-state index contributed by atoms with van der Waals surface area (Å²) >= 11 is 1.86. The summed E-state index contributed by atoms with van der Waals surface area (Å²) in [6, 6.07) is 6.30. The van der Waals surface area contributed by atoms with Gasteiger partial charge in [0.15, 0.2) is 6.10 Å². The first-order valence-corrected chi connectivity index (χ1v) is 10.1. The highest BCUT2D eigenvalue weighted by Crippen LogP contribution is 2.26. The van der Waals surface area contributed by atoms with Crippen molar-refractivity contribution in [1.29, 1.82) is 0 Å². The summed E-state index contributed by atoms with van der Waals surface area (Å²) in [5.74, 6) is 1.73. The first-order valence-electron chi connectivity index (χ1n) is 9.09. The van der Waals surface area contributed by atoms with Gasteiger partial charge in [0.05, 0.1) is 0 Å². The summed E-state index contributed by atoms with van der Waals surface area (Å²) in [5.41, 5.74) is 2.82. The lowest BCUT2D eigenvalue weighted by atomic mass is 9.92. The van der Waals surface area contributed by atoms with Crippen LogP contribution in [-0.4, -0.2) is 29.1 Å². The summed E-state index contributed by atoms with van der Waals surface area (Å²) in [5, 5.41) is 3.00. The van der Waals surface area contributed by atoms with Gasteiger partial charge in [0.1, 0.15) is 5.75 Å². The third kappa shape index (κ3) is 6.04. The van der Waals surface area contributed by atoms with Crippen LogP contribution in [-0.2, 0) is 17.6 Å². The summed E-state index contributed by atoms with van der Waals surface area (Å²) < 4.78 is 6.20. The smallest absolute Gasteiger partial charge is 0.261 e. The van der Waals surface area contributed by atoms with E-state index in [9.17, 15) is 4.79 Å². The lowest BCUT2D eigenvalue weighted by Crippen LogP contribution is -2.39. The quantitative estimate of drug-likeness (QED) is 0.743. The summed E-state index contributed by atoms with van der Waals surface area (Å²) in [6.45, 7) is 9.24. The molecule has 0 saturated carbocycles. The maximum Gasteiger partial charge on any atom is 0.261 e. The largest absolute Gasteiger partial charge is 0.481 e. The van der Waals surface area contributed by atoms with Crippen molar-refractivity contribution in [2.24, 2.45) is 0 Å². The van der Waals surface area contributed by atoms with E-state index in [1.165, 1.54) is 30.4 Å². The number of rotatable bonds is 7. The van der Waals surface area contributed by atoms with Crippen molar-refractivity contribution in [3.63, 3.8) is 0 Å². The summed E-state index contributed by atoms with van der Waals surface area (Å²) in [6.07, 6.45) is 5.08. The van der Waals surface area contributed by atoms with Gasteiger partial charge in [-0.15, -0.1) is 0 Å². The van der Waals surface area contributed by atoms with Crippen molar-refractivity contribution in [2.75, 3.05) is 12.3 Å². The Labute approximate surface area is 150 Å². The first kappa shape index (κ1) is 19.2. The highest BCUT2D eigenvalue weighted by atomic mass is 32.2. The number of benzene rings is 1. The van der Waals surface area contributed by atoms with Crippen LogP contribution in [0.25, 0.3) is 0 Å². The molecule has 0 aromatic heterocycles. The van der Waals surface area contributed by atoms with E-state index in [0.717, 1.165) is 17.9 Å². The molecule has 1 amide bonds. The van der Waals surface area contributed by atoms with Crippen LogP contribution >= 0.6 is 11.8 Å². The van der Waals surface area contributed by atoms with E-state index in [4.69, 9.17) is 4.74 Å². The molecule has 3 nitrogen and oxygen atoms in total. The molecule has 0 spiro atoms. The molecule has 1 aromatic carbocycles. The number of carbonyl (C=O) groups excluding carboxylic acids is 1. The average molecular weight is 350 g/mol. The minimum atomic E-state index is -0.411. The van der Waals surface area contributed by atoms with Gasteiger partial charge in [0.25, 0.3) is 5.91 Å². The third-order valence-corrected chi connectivity index (χ3v) is 5.47. The molecule has 4 heteroatoms. The molecule has 1 aromatic rings. The lowest BCUT2D eigenvalue weighted by Gasteiger charge is -2.21. The zero-order valence-corrected chi connectivity index (χ0v) is 16.3. The van der Waals surface area contributed by atoms with Crippen LogP contribution in [0, 0.1) is 0 Å². The Morgan fingerprint density at radius 1 is 1.25 bits per heavy atom. The molecule has 0 aliphatic heterocycles. The topological polar surface area (TPSA) is 38.3 Å². The van der Waals surface area contributed by atoms with Crippen LogP contribution in [0.3, 0.4) is 0 Å². The van der Waals surface area contributed by atoms with Crippen molar-refractivity contribution in [1.82, 2.24) is 5.32 Å². The predicted molar refractivity (Wildman–Crippen MR) is 103 cm³/mol. The van der Waals surface area contributed by atoms with Crippen LogP contribution in [0.4, 0.5) is 0 Å². The molecule has 2 rings (SSSR count). The van der Waals surface area contributed by atoms with E-state index in [1.807, 2.05) is 24.8 Å². The van der Waals surface area contributed by atoms with Crippen LogP contribution in [0.1, 0.15) is 58.1 Å². The van der Waals surface area contributed by atoms with Gasteiger partial charge in [-0.1, -0.05) is 33.8 Å². The minimum Gasteiger partial charge on any atom is -0.481 e. The van der Waals surface area contributed by atoms with E-state index in [2.05, 4.69) is 38.2 Å². The molecule has 1 aliphatic carbocycles. The Bertz CT molecular complexity index is 551. The van der Waals surface area contributed by atoms with E-state index in [-0.39, 0.29) is 10.7 Å². The average Bonchev–Trinajstić information content (AvgIpc) is 2.55. The van der Waals surface area contributed by atoms with Gasteiger partial charge in [-0.05, 0) is 55.4 Å².